The summed E-state index contributed by atoms with van der Waals surface area (Å²) in [6.07, 6.45) is 64.2. The smallest absolute Gasteiger partial charge is 0.220 e. The summed E-state index contributed by atoms with van der Waals surface area (Å²) in [5.74, 6) is -0.0736. The van der Waals surface area contributed by atoms with Crippen LogP contribution in [0.1, 0.15) is 271 Å². The van der Waals surface area contributed by atoms with Gasteiger partial charge in [0.2, 0.25) is 5.91 Å². The van der Waals surface area contributed by atoms with Crippen molar-refractivity contribution < 1.29 is 15.0 Å². The van der Waals surface area contributed by atoms with Gasteiger partial charge in [-0.15, -0.1) is 0 Å². The van der Waals surface area contributed by atoms with Gasteiger partial charge in [-0.3, -0.25) is 4.79 Å². The van der Waals surface area contributed by atoms with Gasteiger partial charge < -0.3 is 15.5 Å². The standard InChI is InChI=1S/C52H99NO3/c1-3-5-7-9-11-13-15-17-19-21-23-25-26-27-28-29-31-33-35-37-39-41-43-45-47-51(55)50(49-54)53-52(56)48-46-44-42-40-38-36-34-32-30-24-22-20-18-16-14-12-10-8-6-4-2/h29,31,37,39,45,47,50-51,54-55H,3-28,30,32-36,38,40-44,46,48-49H2,1-2H3,(H,53,56)/b31-29+,39-37+,47-45+. The first-order valence-corrected chi connectivity index (χ1v) is 25.2. The Morgan fingerprint density at radius 3 is 1.04 bits per heavy atom. The molecule has 0 heterocycles. The Morgan fingerprint density at radius 1 is 0.411 bits per heavy atom. The SMILES string of the molecule is CCCCCCCCCCCCCCCC/C=C/CC/C=C/CC/C=C/C(O)C(CO)NC(=O)CCCCCCCCCCCCCCCCCCCCCC. The summed E-state index contributed by atoms with van der Waals surface area (Å²) < 4.78 is 0. The molecule has 56 heavy (non-hydrogen) atoms. The monoisotopic (exact) mass is 786 g/mol. The number of aliphatic hydroxyl groups is 2. The summed E-state index contributed by atoms with van der Waals surface area (Å²) in [6, 6.07) is -0.643. The molecule has 4 nitrogen and oxygen atoms in total. The van der Waals surface area contributed by atoms with Crippen LogP contribution in [0.25, 0.3) is 0 Å². The van der Waals surface area contributed by atoms with Gasteiger partial charge in [0.15, 0.2) is 0 Å². The number of hydrogen-bond acceptors (Lipinski definition) is 3. The average molecular weight is 786 g/mol. The van der Waals surface area contributed by atoms with Crippen molar-refractivity contribution >= 4 is 5.91 Å². The van der Waals surface area contributed by atoms with Crippen LogP contribution < -0.4 is 5.32 Å². The Bertz CT molecular complexity index is 851. The molecule has 0 saturated carbocycles. The van der Waals surface area contributed by atoms with Gasteiger partial charge in [-0.25, -0.2) is 0 Å². The van der Waals surface area contributed by atoms with Crippen molar-refractivity contribution in [3.05, 3.63) is 36.5 Å². The fourth-order valence-corrected chi connectivity index (χ4v) is 7.74. The molecule has 0 radical (unpaired) electrons. The van der Waals surface area contributed by atoms with Gasteiger partial charge in [-0.05, 0) is 44.9 Å². The van der Waals surface area contributed by atoms with Crippen molar-refractivity contribution in [3.63, 3.8) is 0 Å². The number of rotatable bonds is 46. The molecule has 0 aromatic rings. The summed E-state index contributed by atoms with van der Waals surface area (Å²) in [7, 11) is 0. The van der Waals surface area contributed by atoms with Crippen molar-refractivity contribution in [2.75, 3.05) is 6.61 Å². The van der Waals surface area contributed by atoms with Crippen LogP contribution in [0.4, 0.5) is 0 Å². The highest BCUT2D eigenvalue weighted by Gasteiger charge is 2.17. The molecule has 0 saturated heterocycles. The lowest BCUT2D eigenvalue weighted by molar-refractivity contribution is -0.123. The minimum atomic E-state index is -0.868. The maximum absolute atomic E-state index is 12.4. The summed E-state index contributed by atoms with van der Waals surface area (Å²) in [6.45, 7) is 4.32. The molecule has 0 aromatic heterocycles. The Balaban J connectivity index is 3.57. The fourth-order valence-electron chi connectivity index (χ4n) is 7.74. The van der Waals surface area contributed by atoms with Gasteiger partial charge in [0.25, 0.3) is 0 Å². The molecular weight excluding hydrogens is 687 g/mol. The number of carbonyl (C=O) groups is 1. The number of hydrogen-bond donors (Lipinski definition) is 3. The van der Waals surface area contributed by atoms with E-state index in [4.69, 9.17) is 0 Å². The van der Waals surface area contributed by atoms with Gasteiger partial charge in [0.1, 0.15) is 0 Å². The maximum Gasteiger partial charge on any atom is 0.220 e. The van der Waals surface area contributed by atoms with Crippen LogP contribution in [0.2, 0.25) is 0 Å². The van der Waals surface area contributed by atoms with E-state index in [1.54, 1.807) is 6.08 Å². The van der Waals surface area contributed by atoms with E-state index in [9.17, 15) is 15.0 Å². The largest absolute Gasteiger partial charge is 0.394 e. The first-order chi connectivity index (χ1) is 27.7. The maximum atomic E-state index is 12.4. The molecule has 4 heteroatoms. The number of nitrogens with one attached hydrogen (secondary N) is 1. The molecule has 1 amide bonds. The normalized spacial score (nSPS) is 13.1. The van der Waals surface area contributed by atoms with Crippen LogP contribution in [-0.2, 0) is 4.79 Å². The van der Waals surface area contributed by atoms with Crippen molar-refractivity contribution in [1.82, 2.24) is 5.32 Å². The van der Waals surface area contributed by atoms with E-state index in [1.165, 1.54) is 212 Å². The highest BCUT2D eigenvalue weighted by atomic mass is 16.3. The van der Waals surface area contributed by atoms with Crippen LogP contribution in [0, 0.1) is 0 Å². The van der Waals surface area contributed by atoms with Gasteiger partial charge >= 0.3 is 0 Å². The lowest BCUT2D eigenvalue weighted by atomic mass is 10.0. The molecule has 0 aromatic carbocycles. The zero-order chi connectivity index (χ0) is 40.7. The van der Waals surface area contributed by atoms with E-state index in [1.807, 2.05) is 6.08 Å². The number of allylic oxidation sites excluding steroid dienone is 5. The quantitative estimate of drug-likeness (QED) is 0.0425. The number of carbonyl (C=O) groups excluding carboxylic acids is 1. The third-order valence-electron chi connectivity index (χ3n) is 11.6. The molecular formula is C52H99NO3. The highest BCUT2D eigenvalue weighted by molar-refractivity contribution is 5.76. The second-order valence-corrected chi connectivity index (χ2v) is 17.2. The Kier molecular flexibility index (Phi) is 46.8. The van der Waals surface area contributed by atoms with Crippen molar-refractivity contribution in [3.8, 4) is 0 Å². The number of aliphatic hydroxyl groups excluding tert-OH is 2. The Morgan fingerprint density at radius 2 is 0.696 bits per heavy atom. The number of unbranched alkanes of at least 4 members (excludes halogenated alkanes) is 35. The Labute approximate surface area is 351 Å². The van der Waals surface area contributed by atoms with Crippen molar-refractivity contribution in [2.45, 2.75) is 283 Å². The van der Waals surface area contributed by atoms with E-state index in [0.717, 1.165) is 38.5 Å². The van der Waals surface area contributed by atoms with Crippen LogP contribution in [0.3, 0.4) is 0 Å². The van der Waals surface area contributed by atoms with Crippen LogP contribution >= 0.6 is 0 Å². The Hall–Kier alpha value is -1.39. The van der Waals surface area contributed by atoms with E-state index < -0.39 is 12.1 Å². The van der Waals surface area contributed by atoms with E-state index >= 15 is 0 Å². The summed E-state index contributed by atoms with van der Waals surface area (Å²) in [5, 5.41) is 23.1. The molecule has 2 atom stereocenters. The minimum Gasteiger partial charge on any atom is -0.394 e. The summed E-state index contributed by atoms with van der Waals surface area (Å²) in [5.41, 5.74) is 0. The second kappa shape index (κ2) is 48.0. The summed E-state index contributed by atoms with van der Waals surface area (Å²) >= 11 is 0. The van der Waals surface area contributed by atoms with Gasteiger partial charge in [0.05, 0.1) is 18.8 Å². The lowest BCUT2D eigenvalue weighted by Gasteiger charge is -2.19. The first-order valence-electron chi connectivity index (χ1n) is 25.2. The zero-order valence-electron chi connectivity index (χ0n) is 37.9. The molecule has 0 bridgehead atoms. The molecule has 0 aliphatic heterocycles. The predicted octanol–water partition coefficient (Wildman–Crippen LogP) is 16.1. The molecule has 0 aliphatic carbocycles. The van der Waals surface area contributed by atoms with Gasteiger partial charge in [0, 0.05) is 6.42 Å². The molecule has 0 aliphatic rings. The minimum absolute atomic E-state index is 0.0736. The van der Waals surface area contributed by atoms with Gasteiger partial charge in [-0.2, -0.15) is 0 Å². The first kappa shape index (κ1) is 54.6. The van der Waals surface area contributed by atoms with Gasteiger partial charge in [-0.1, -0.05) is 256 Å². The lowest BCUT2D eigenvalue weighted by Crippen LogP contribution is -2.45. The van der Waals surface area contributed by atoms with E-state index in [0.29, 0.717) is 6.42 Å². The van der Waals surface area contributed by atoms with Crippen LogP contribution in [0.5, 0.6) is 0 Å². The topological polar surface area (TPSA) is 69.6 Å². The number of amides is 1. The molecule has 3 N–H and O–H groups in total. The fraction of sp³-hybridized carbons (Fsp3) is 0.865. The zero-order valence-corrected chi connectivity index (χ0v) is 37.9. The summed E-state index contributed by atoms with van der Waals surface area (Å²) in [4.78, 5) is 12.4. The molecule has 2 unspecified atom stereocenters. The molecule has 0 spiro atoms. The van der Waals surface area contributed by atoms with Crippen LogP contribution in [0.15, 0.2) is 36.5 Å². The molecule has 0 fully saturated rings. The third kappa shape index (κ3) is 43.7. The third-order valence-corrected chi connectivity index (χ3v) is 11.6. The molecule has 0 rings (SSSR count). The average Bonchev–Trinajstić information content (AvgIpc) is 3.20. The van der Waals surface area contributed by atoms with Crippen molar-refractivity contribution in [1.29, 1.82) is 0 Å². The van der Waals surface area contributed by atoms with Crippen molar-refractivity contribution in [2.24, 2.45) is 0 Å². The van der Waals surface area contributed by atoms with Crippen LogP contribution in [-0.4, -0.2) is 34.9 Å². The second-order valence-electron chi connectivity index (χ2n) is 17.2. The molecule has 330 valence electrons. The predicted molar refractivity (Wildman–Crippen MR) is 248 cm³/mol. The highest BCUT2D eigenvalue weighted by Crippen LogP contribution is 2.16. The van der Waals surface area contributed by atoms with E-state index in [2.05, 4.69) is 43.5 Å². The van der Waals surface area contributed by atoms with E-state index in [-0.39, 0.29) is 12.5 Å².